The molecule has 0 aliphatic heterocycles. The van der Waals surface area contributed by atoms with Gasteiger partial charge in [0.15, 0.2) is 0 Å². The first-order valence-electron chi connectivity index (χ1n) is 4.38. The van der Waals surface area contributed by atoms with E-state index >= 15 is 0 Å². The van der Waals surface area contributed by atoms with Crippen LogP contribution in [-0.2, 0) is 19.1 Å². The van der Waals surface area contributed by atoms with Crippen LogP contribution in [0.5, 0.6) is 0 Å². The number of methoxy groups -OCH3 is 1. The minimum Gasteiger partial charge on any atom is -0.469 e. The van der Waals surface area contributed by atoms with E-state index in [4.69, 9.17) is 4.74 Å². The molecule has 0 aromatic rings. The lowest BCUT2D eigenvalue weighted by molar-refractivity contribution is -0.149. The van der Waals surface area contributed by atoms with Crippen molar-refractivity contribution in [2.75, 3.05) is 13.7 Å². The summed E-state index contributed by atoms with van der Waals surface area (Å²) in [4.78, 5) is 22.3. The minimum atomic E-state index is -0.314. The van der Waals surface area contributed by atoms with Crippen molar-refractivity contribution in [2.45, 2.75) is 13.8 Å². The summed E-state index contributed by atoms with van der Waals surface area (Å²) in [7, 11) is 1.33. The Balaban J connectivity index is 2.48. The smallest absolute Gasteiger partial charge is 0.310 e. The van der Waals surface area contributed by atoms with Crippen molar-refractivity contribution in [3.63, 3.8) is 0 Å². The standard InChI is InChI=1S/C9H14O4/c1-4-13-9(11)7-5(2)6(7)8(10)12-3/h5-7H,4H2,1-3H3. The summed E-state index contributed by atoms with van der Waals surface area (Å²) in [6.07, 6.45) is 0. The Morgan fingerprint density at radius 3 is 2.23 bits per heavy atom. The van der Waals surface area contributed by atoms with Crippen molar-refractivity contribution >= 4 is 11.9 Å². The van der Waals surface area contributed by atoms with Gasteiger partial charge in [-0.15, -0.1) is 0 Å². The molecule has 74 valence electrons. The average Bonchev–Trinajstić information content (AvgIpc) is 2.76. The number of carbonyl (C=O) groups excluding carboxylic acids is 2. The monoisotopic (exact) mass is 186 g/mol. The molecule has 13 heavy (non-hydrogen) atoms. The fourth-order valence-corrected chi connectivity index (χ4v) is 1.56. The fourth-order valence-electron chi connectivity index (χ4n) is 1.56. The van der Waals surface area contributed by atoms with E-state index in [9.17, 15) is 9.59 Å². The van der Waals surface area contributed by atoms with Gasteiger partial charge in [0.1, 0.15) is 0 Å². The first-order chi connectivity index (χ1) is 6.13. The number of esters is 2. The molecule has 0 N–H and O–H groups in total. The van der Waals surface area contributed by atoms with Crippen LogP contribution in [0.15, 0.2) is 0 Å². The van der Waals surface area contributed by atoms with Crippen LogP contribution in [0.25, 0.3) is 0 Å². The molecule has 0 spiro atoms. The summed E-state index contributed by atoms with van der Waals surface area (Å²) in [6, 6.07) is 0. The van der Waals surface area contributed by atoms with E-state index in [1.54, 1.807) is 6.92 Å². The first-order valence-corrected chi connectivity index (χ1v) is 4.38. The summed E-state index contributed by atoms with van der Waals surface area (Å²) in [6.45, 7) is 3.96. The number of ether oxygens (including phenoxy) is 2. The van der Waals surface area contributed by atoms with Gasteiger partial charge in [-0.05, 0) is 12.8 Å². The van der Waals surface area contributed by atoms with Crippen molar-refractivity contribution in [1.82, 2.24) is 0 Å². The van der Waals surface area contributed by atoms with E-state index in [1.807, 2.05) is 6.92 Å². The highest BCUT2D eigenvalue weighted by Gasteiger charge is 2.57. The predicted octanol–water partition coefficient (Wildman–Crippen LogP) is 0.605. The molecular formula is C9H14O4. The minimum absolute atomic E-state index is 0.0616. The SMILES string of the molecule is CCOC(=O)C1C(C)C1C(=O)OC. The quantitative estimate of drug-likeness (QED) is 0.606. The molecule has 1 rings (SSSR count). The molecule has 0 radical (unpaired) electrons. The van der Waals surface area contributed by atoms with Gasteiger partial charge in [-0.1, -0.05) is 6.92 Å². The molecule has 0 aromatic carbocycles. The average molecular weight is 186 g/mol. The zero-order valence-corrected chi connectivity index (χ0v) is 8.07. The van der Waals surface area contributed by atoms with Crippen LogP contribution in [0.2, 0.25) is 0 Å². The maximum Gasteiger partial charge on any atom is 0.310 e. The second-order valence-corrected chi connectivity index (χ2v) is 3.19. The van der Waals surface area contributed by atoms with Gasteiger partial charge < -0.3 is 9.47 Å². The molecule has 1 aliphatic carbocycles. The highest BCUT2D eigenvalue weighted by atomic mass is 16.5. The van der Waals surface area contributed by atoms with Crippen molar-refractivity contribution in [2.24, 2.45) is 17.8 Å². The molecular weight excluding hydrogens is 172 g/mol. The normalized spacial score (nSPS) is 30.8. The van der Waals surface area contributed by atoms with Gasteiger partial charge in [0, 0.05) is 0 Å². The number of carbonyl (C=O) groups is 2. The summed E-state index contributed by atoms with van der Waals surface area (Å²) >= 11 is 0. The Morgan fingerprint density at radius 2 is 1.77 bits per heavy atom. The Labute approximate surface area is 77.2 Å². The number of hydrogen-bond acceptors (Lipinski definition) is 4. The largest absolute Gasteiger partial charge is 0.469 e. The topological polar surface area (TPSA) is 52.6 Å². The van der Waals surface area contributed by atoms with Gasteiger partial charge in [-0.3, -0.25) is 9.59 Å². The van der Waals surface area contributed by atoms with Crippen LogP contribution in [0.4, 0.5) is 0 Å². The highest BCUT2D eigenvalue weighted by Crippen LogP contribution is 2.47. The van der Waals surface area contributed by atoms with Gasteiger partial charge in [0.05, 0.1) is 25.6 Å². The summed E-state index contributed by atoms with van der Waals surface area (Å²) < 4.78 is 9.37. The molecule has 4 nitrogen and oxygen atoms in total. The molecule has 1 fully saturated rings. The lowest BCUT2D eigenvalue weighted by Crippen LogP contribution is -2.12. The van der Waals surface area contributed by atoms with Crippen molar-refractivity contribution < 1.29 is 19.1 Å². The molecule has 0 bridgehead atoms. The van der Waals surface area contributed by atoms with Crippen LogP contribution in [0, 0.1) is 17.8 Å². The van der Waals surface area contributed by atoms with E-state index < -0.39 is 0 Å². The maximum atomic E-state index is 11.2. The maximum absolute atomic E-state index is 11.2. The molecule has 1 saturated carbocycles. The molecule has 0 amide bonds. The van der Waals surface area contributed by atoms with Crippen LogP contribution in [-0.4, -0.2) is 25.7 Å². The van der Waals surface area contributed by atoms with Gasteiger partial charge in [-0.2, -0.15) is 0 Å². The zero-order chi connectivity index (χ0) is 10.0. The van der Waals surface area contributed by atoms with Crippen LogP contribution >= 0.6 is 0 Å². The molecule has 3 unspecified atom stereocenters. The van der Waals surface area contributed by atoms with E-state index in [-0.39, 0.29) is 29.7 Å². The number of hydrogen-bond donors (Lipinski definition) is 0. The van der Waals surface area contributed by atoms with Crippen molar-refractivity contribution in [1.29, 1.82) is 0 Å². The summed E-state index contributed by atoms with van der Waals surface area (Å²) in [5, 5.41) is 0. The Hall–Kier alpha value is -1.06. The lowest BCUT2D eigenvalue weighted by Gasteiger charge is -1.99. The van der Waals surface area contributed by atoms with Crippen LogP contribution in [0.1, 0.15) is 13.8 Å². The molecule has 0 saturated heterocycles. The second-order valence-electron chi connectivity index (χ2n) is 3.19. The highest BCUT2D eigenvalue weighted by molar-refractivity contribution is 5.88. The molecule has 4 heteroatoms. The van der Waals surface area contributed by atoms with Crippen LogP contribution < -0.4 is 0 Å². The Bertz CT molecular complexity index is 224. The Kier molecular flexibility index (Phi) is 2.90. The zero-order valence-electron chi connectivity index (χ0n) is 8.07. The molecule has 0 aromatic heterocycles. The van der Waals surface area contributed by atoms with Crippen LogP contribution in [0.3, 0.4) is 0 Å². The third-order valence-corrected chi connectivity index (χ3v) is 2.41. The second kappa shape index (κ2) is 3.77. The third-order valence-electron chi connectivity index (χ3n) is 2.41. The summed E-state index contributed by atoms with van der Waals surface area (Å²) in [5.74, 6) is -1.11. The van der Waals surface area contributed by atoms with Crippen molar-refractivity contribution in [3.8, 4) is 0 Å². The van der Waals surface area contributed by atoms with E-state index in [1.165, 1.54) is 7.11 Å². The summed E-state index contributed by atoms with van der Waals surface area (Å²) in [5.41, 5.74) is 0. The van der Waals surface area contributed by atoms with Gasteiger partial charge in [0.2, 0.25) is 0 Å². The molecule has 1 aliphatic rings. The first kappa shape index (κ1) is 10.0. The van der Waals surface area contributed by atoms with Gasteiger partial charge in [0.25, 0.3) is 0 Å². The third kappa shape index (κ3) is 1.82. The van der Waals surface area contributed by atoms with E-state index in [0.717, 1.165) is 0 Å². The predicted molar refractivity (Wildman–Crippen MR) is 44.8 cm³/mol. The van der Waals surface area contributed by atoms with E-state index in [0.29, 0.717) is 6.61 Å². The Morgan fingerprint density at radius 1 is 1.23 bits per heavy atom. The number of rotatable bonds is 3. The van der Waals surface area contributed by atoms with Gasteiger partial charge >= 0.3 is 11.9 Å². The van der Waals surface area contributed by atoms with Crippen molar-refractivity contribution in [3.05, 3.63) is 0 Å². The molecule has 0 heterocycles. The van der Waals surface area contributed by atoms with E-state index in [2.05, 4.69) is 4.74 Å². The van der Waals surface area contributed by atoms with Gasteiger partial charge in [-0.25, -0.2) is 0 Å². The lowest BCUT2D eigenvalue weighted by atomic mass is 10.3. The fraction of sp³-hybridized carbons (Fsp3) is 0.778. The molecule has 3 atom stereocenters.